The third kappa shape index (κ3) is 5.16. The Morgan fingerprint density at radius 1 is 1.18 bits per heavy atom. The first kappa shape index (κ1) is 16.5. The molecule has 0 aromatic heterocycles. The summed E-state index contributed by atoms with van der Waals surface area (Å²) < 4.78 is 10.8. The normalized spacial score (nSPS) is 11.3. The van der Waals surface area contributed by atoms with Gasteiger partial charge < -0.3 is 15.2 Å². The highest BCUT2D eigenvalue weighted by molar-refractivity contribution is 8.13. The van der Waals surface area contributed by atoms with E-state index in [1.54, 1.807) is 19.2 Å². The van der Waals surface area contributed by atoms with Gasteiger partial charge in [0, 0.05) is 10.8 Å². The van der Waals surface area contributed by atoms with E-state index in [2.05, 4.69) is 4.99 Å². The number of para-hydroxylation sites is 2. The molecule has 0 bridgehead atoms. The van der Waals surface area contributed by atoms with Crippen molar-refractivity contribution < 1.29 is 9.47 Å². The van der Waals surface area contributed by atoms with E-state index in [1.807, 2.05) is 36.4 Å². The van der Waals surface area contributed by atoms with Crippen molar-refractivity contribution in [1.29, 1.82) is 0 Å². The zero-order chi connectivity index (χ0) is 15.8. The summed E-state index contributed by atoms with van der Waals surface area (Å²) in [5.74, 6) is 2.18. The van der Waals surface area contributed by atoms with Crippen LogP contribution >= 0.6 is 23.4 Å². The summed E-state index contributed by atoms with van der Waals surface area (Å²) in [7, 11) is 1.61. The molecule has 0 radical (unpaired) electrons. The number of nitrogens with zero attached hydrogens (tertiary/aromatic N) is 1. The van der Waals surface area contributed by atoms with Crippen molar-refractivity contribution in [2.45, 2.75) is 0 Å². The van der Waals surface area contributed by atoms with Crippen LogP contribution in [-0.4, -0.2) is 24.6 Å². The molecule has 0 saturated carbocycles. The first-order chi connectivity index (χ1) is 10.7. The van der Waals surface area contributed by atoms with Crippen molar-refractivity contribution in [2.24, 2.45) is 10.7 Å². The van der Waals surface area contributed by atoms with Gasteiger partial charge in [0.1, 0.15) is 17.2 Å². The fourth-order valence-electron chi connectivity index (χ4n) is 1.71. The highest BCUT2D eigenvalue weighted by atomic mass is 35.5. The van der Waals surface area contributed by atoms with E-state index in [-0.39, 0.29) is 0 Å². The van der Waals surface area contributed by atoms with Crippen molar-refractivity contribution in [3.05, 3.63) is 53.6 Å². The predicted octanol–water partition coefficient (Wildman–Crippen LogP) is 4.11. The monoisotopic (exact) mass is 336 g/mol. The summed E-state index contributed by atoms with van der Waals surface area (Å²) in [5, 5.41) is 1.17. The number of methoxy groups -OCH3 is 1. The molecule has 0 spiro atoms. The third-order valence-corrected chi connectivity index (χ3v) is 3.74. The number of benzene rings is 2. The molecular weight excluding hydrogens is 320 g/mol. The predicted molar refractivity (Wildman–Crippen MR) is 93.7 cm³/mol. The van der Waals surface area contributed by atoms with Crippen LogP contribution in [0.3, 0.4) is 0 Å². The van der Waals surface area contributed by atoms with Gasteiger partial charge in [-0.15, -0.1) is 0 Å². The van der Waals surface area contributed by atoms with Crippen molar-refractivity contribution in [3.8, 4) is 11.5 Å². The molecular formula is C16H17ClN2O2S. The van der Waals surface area contributed by atoms with Crippen molar-refractivity contribution >= 4 is 34.2 Å². The molecule has 0 saturated heterocycles. The molecule has 2 N–H and O–H groups in total. The van der Waals surface area contributed by atoms with Gasteiger partial charge in [-0.2, -0.15) is 0 Å². The second kappa shape index (κ2) is 8.56. The summed E-state index contributed by atoms with van der Waals surface area (Å²) in [6.45, 7) is 0.536. The maximum absolute atomic E-state index is 5.91. The molecule has 0 unspecified atom stereocenters. The summed E-state index contributed by atoms with van der Waals surface area (Å²) in [6.07, 6.45) is 0. The minimum Gasteiger partial charge on any atom is -0.494 e. The molecule has 0 heterocycles. The van der Waals surface area contributed by atoms with E-state index in [1.165, 1.54) is 11.8 Å². The fourth-order valence-corrected chi connectivity index (χ4v) is 2.37. The molecule has 6 heteroatoms. The highest BCUT2D eigenvalue weighted by Crippen LogP contribution is 2.27. The van der Waals surface area contributed by atoms with Crippen LogP contribution in [-0.2, 0) is 0 Å². The lowest BCUT2D eigenvalue weighted by Gasteiger charge is -2.07. The Morgan fingerprint density at radius 3 is 2.64 bits per heavy atom. The van der Waals surface area contributed by atoms with Gasteiger partial charge in [-0.05, 0) is 36.4 Å². The van der Waals surface area contributed by atoms with Crippen LogP contribution < -0.4 is 15.2 Å². The van der Waals surface area contributed by atoms with Gasteiger partial charge in [-0.25, -0.2) is 4.99 Å². The Hall–Kier alpha value is -1.85. The Kier molecular flexibility index (Phi) is 6.43. The highest BCUT2D eigenvalue weighted by Gasteiger charge is 2.02. The molecule has 22 heavy (non-hydrogen) atoms. The molecule has 0 aliphatic rings. The van der Waals surface area contributed by atoms with Gasteiger partial charge in [0.25, 0.3) is 0 Å². The number of hydrogen-bond acceptors (Lipinski definition) is 4. The number of nitrogens with two attached hydrogens (primary N) is 1. The Morgan fingerprint density at radius 2 is 1.91 bits per heavy atom. The minimum atomic E-state index is 0.476. The van der Waals surface area contributed by atoms with Crippen LogP contribution in [0, 0.1) is 0 Å². The number of ether oxygens (including phenoxy) is 2. The van der Waals surface area contributed by atoms with Crippen LogP contribution in [0.4, 0.5) is 5.69 Å². The molecule has 116 valence electrons. The largest absolute Gasteiger partial charge is 0.494 e. The van der Waals surface area contributed by atoms with Crippen molar-refractivity contribution in [2.75, 3.05) is 19.5 Å². The SMILES string of the molecule is COc1ccccc1N=C(N)SCCOc1ccc(Cl)cc1. The lowest BCUT2D eigenvalue weighted by atomic mass is 10.3. The number of thioether (sulfide) groups is 1. The van der Waals surface area contributed by atoms with Gasteiger partial charge in [-0.3, -0.25) is 0 Å². The van der Waals surface area contributed by atoms with Crippen molar-refractivity contribution in [3.63, 3.8) is 0 Å². The van der Waals surface area contributed by atoms with E-state index >= 15 is 0 Å². The number of aliphatic imine (C=N–C) groups is 1. The first-order valence-electron chi connectivity index (χ1n) is 6.67. The summed E-state index contributed by atoms with van der Waals surface area (Å²) in [4.78, 5) is 4.35. The molecule has 0 atom stereocenters. The standard InChI is InChI=1S/C16H17ClN2O2S/c1-20-15-5-3-2-4-14(15)19-16(18)22-11-10-21-13-8-6-12(17)7-9-13/h2-9H,10-11H2,1H3,(H2,18,19). The Labute approximate surface area is 139 Å². The quantitative estimate of drug-likeness (QED) is 0.490. The van der Waals surface area contributed by atoms with Crippen LogP contribution in [0.15, 0.2) is 53.5 Å². The molecule has 2 aromatic carbocycles. The topological polar surface area (TPSA) is 56.8 Å². The van der Waals surface area contributed by atoms with E-state index in [0.717, 1.165) is 5.75 Å². The molecule has 2 aromatic rings. The van der Waals surface area contributed by atoms with Gasteiger partial charge in [0.15, 0.2) is 5.17 Å². The summed E-state index contributed by atoms with van der Waals surface area (Å²) >= 11 is 7.25. The molecule has 0 aliphatic carbocycles. The zero-order valence-corrected chi connectivity index (χ0v) is 13.7. The number of rotatable bonds is 6. The van der Waals surface area contributed by atoms with Gasteiger partial charge in [0.05, 0.1) is 13.7 Å². The van der Waals surface area contributed by atoms with Crippen LogP contribution in [0.1, 0.15) is 0 Å². The van der Waals surface area contributed by atoms with Crippen LogP contribution in [0.2, 0.25) is 5.02 Å². The maximum atomic E-state index is 5.91. The second-order valence-corrected chi connectivity index (χ2v) is 5.82. The minimum absolute atomic E-state index is 0.476. The van der Waals surface area contributed by atoms with Gasteiger partial charge >= 0.3 is 0 Å². The Balaban J connectivity index is 1.81. The molecule has 0 amide bonds. The number of hydrogen-bond donors (Lipinski definition) is 1. The zero-order valence-electron chi connectivity index (χ0n) is 12.2. The molecule has 0 aliphatic heterocycles. The lowest BCUT2D eigenvalue weighted by Crippen LogP contribution is -2.10. The fraction of sp³-hybridized carbons (Fsp3) is 0.188. The number of halogens is 1. The third-order valence-electron chi connectivity index (χ3n) is 2.73. The average molecular weight is 337 g/mol. The molecule has 4 nitrogen and oxygen atoms in total. The van der Waals surface area contributed by atoms with E-state index in [9.17, 15) is 0 Å². The van der Waals surface area contributed by atoms with Gasteiger partial charge in [-0.1, -0.05) is 35.5 Å². The first-order valence-corrected chi connectivity index (χ1v) is 8.04. The summed E-state index contributed by atoms with van der Waals surface area (Å²) in [5.41, 5.74) is 6.63. The lowest BCUT2D eigenvalue weighted by molar-refractivity contribution is 0.344. The number of amidine groups is 1. The Bertz CT molecular complexity index is 632. The summed E-state index contributed by atoms with van der Waals surface area (Å²) in [6, 6.07) is 14.7. The van der Waals surface area contributed by atoms with Crippen LogP contribution in [0.25, 0.3) is 0 Å². The second-order valence-electron chi connectivity index (χ2n) is 4.27. The van der Waals surface area contributed by atoms with E-state index in [4.69, 9.17) is 26.8 Å². The van der Waals surface area contributed by atoms with E-state index < -0.39 is 0 Å². The van der Waals surface area contributed by atoms with Crippen molar-refractivity contribution in [1.82, 2.24) is 0 Å². The molecule has 0 fully saturated rings. The average Bonchev–Trinajstić information content (AvgIpc) is 2.54. The smallest absolute Gasteiger partial charge is 0.159 e. The van der Waals surface area contributed by atoms with E-state index in [0.29, 0.717) is 34.0 Å². The molecule has 2 rings (SSSR count). The van der Waals surface area contributed by atoms with Gasteiger partial charge in [0.2, 0.25) is 0 Å². The maximum Gasteiger partial charge on any atom is 0.159 e. The van der Waals surface area contributed by atoms with Crippen LogP contribution in [0.5, 0.6) is 11.5 Å².